The lowest BCUT2D eigenvalue weighted by Crippen LogP contribution is -2.24. The Balaban J connectivity index is 2.06. The minimum absolute atomic E-state index is 0.0549. The van der Waals surface area contributed by atoms with E-state index in [9.17, 15) is 14.2 Å². The lowest BCUT2D eigenvalue weighted by molar-refractivity contribution is 0.234. The Bertz CT molecular complexity index is 849. The number of aliphatic imine (C=N–C) groups is 1. The monoisotopic (exact) mass is 464 g/mol. The summed E-state index contributed by atoms with van der Waals surface area (Å²) in [6.07, 6.45) is 0. The van der Waals surface area contributed by atoms with Gasteiger partial charge < -0.3 is 9.84 Å². The third-order valence-corrected chi connectivity index (χ3v) is 5.31. The Morgan fingerprint density at radius 2 is 2.22 bits per heavy atom. The van der Waals surface area contributed by atoms with Crippen molar-refractivity contribution in [3.63, 3.8) is 0 Å². The van der Waals surface area contributed by atoms with Gasteiger partial charge in [-0.15, -0.1) is 0 Å². The molecule has 13 heteroatoms. The maximum atomic E-state index is 13.3. The SMILES string of the molecule is CCOP(C)(=O)NCCNc1nonc1C(=Nc1ccc(F)c(Br)c1)NO. The molecule has 1 atom stereocenters. The molecule has 27 heavy (non-hydrogen) atoms. The van der Waals surface area contributed by atoms with E-state index in [2.05, 4.69) is 46.3 Å². The zero-order valence-electron chi connectivity index (χ0n) is 14.6. The van der Waals surface area contributed by atoms with Crippen LogP contribution in [0.4, 0.5) is 15.9 Å². The van der Waals surface area contributed by atoms with Crippen LogP contribution in [0.3, 0.4) is 0 Å². The van der Waals surface area contributed by atoms with Gasteiger partial charge in [-0.2, -0.15) is 0 Å². The zero-order chi connectivity index (χ0) is 19.9. The Hall–Kier alpha value is -1.85. The van der Waals surface area contributed by atoms with Crippen molar-refractivity contribution in [1.29, 1.82) is 0 Å². The predicted molar refractivity (Wildman–Crippen MR) is 101 cm³/mol. The van der Waals surface area contributed by atoms with Gasteiger partial charge in [0.2, 0.25) is 5.82 Å². The van der Waals surface area contributed by atoms with Crippen molar-refractivity contribution < 1.29 is 23.3 Å². The first kappa shape index (κ1) is 21.5. The third-order valence-electron chi connectivity index (χ3n) is 3.15. The molecule has 0 saturated carbocycles. The highest BCUT2D eigenvalue weighted by molar-refractivity contribution is 9.10. The quantitative estimate of drug-likeness (QED) is 0.145. The highest BCUT2D eigenvalue weighted by Crippen LogP contribution is 2.36. The molecule has 148 valence electrons. The number of nitrogens with one attached hydrogen (secondary N) is 3. The normalized spacial score (nSPS) is 14.0. The lowest BCUT2D eigenvalue weighted by atomic mass is 10.3. The summed E-state index contributed by atoms with van der Waals surface area (Å²) >= 11 is 3.06. The van der Waals surface area contributed by atoms with Gasteiger partial charge in [-0.1, -0.05) is 0 Å². The molecule has 0 radical (unpaired) electrons. The van der Waals surface area contributed by atoms with E-state index < -0.39 is 13.3 Å². The number of hydrogen-bond donors (Lipinski definition) is 4. The van der Waals surface area contributed by atoms with Crippen LogP contribution in [0.2, 0.25) is 0 Å². The van der Waals surface area contributed by atoms with Crippen molar-refractivity contribution >= 4 is 40.8 Å². The molecule has 2 aromatic rings. The Morgan fingerprint density at radius 3 is 2.89 bits per heavy atom. The summed E-state index contributed by atoms with van der Waals surface area (Å²) in [5.74, 6) is -0.285. The van der Waals surface area contributed by atoms with E-state index in [0.29, 0.717) is 25.4 Å². The van der Waals surface area contributed by atoms with Gasteiger partial charge in [0.15, 0.2) is 11.5 Å². The maximum Gasteiger partial charge on any atom is 0.266 e. The van der Waals surface area contributed by atoms with E-state index in [1.54, 1.807) is 6.92 Å². The van der Waals surface area contributed by atoms with Crippen LogP contribution in [0.15, 0.2) is 32.3 Å². The molecule has 0 bridgehead atoms. The number of anilines is 1. The molecule has 0 aliphatic carbocycles. The average Bonchev–Trinajstić information content (AvgIpc) is 3.08. The topological polar surface area (TPSA) is 134 Å². The maximum absolute atomic E-state index is 13.3. The van der Waals surface area contributed by atoms with Gasteiger partial charge in [0.25, 0.3) is 7.52 Å². The average molecular weight is 465 g/mol. The van der Waals surface area contributed by atoms with Gasteiger partial charge in [0.1, 0.15) is 5.82 Å². The second-order valence-electron chi connectivity index (χ2n) is 5.23. The number of hydroxylamine groups is 1. The van der Waals surface area contributed by atoms with Crippen LogP contribution in [-0.2, 0) is 9.09 Å². The number of hydrogen-bond acceptors (Lipinski definition) is 8. The van der Waals surface area contributed by atoms with Gasteiger partial charge >= 0.3 is 0 Å². The highest BCUT2D eigenvalue weighted by Gasteiger charge is 2.17. The smallest absolute Gasteiger partial charge is 0.266 e. The zero-order valence-corrected chi connectivity index (χ0v) is 17.1. The summed E-state index contributed by atoms with van der Waals surface area (Å²) in [5, 5.41) is 22.5. The molecule has 0 saturated heterocycles. The van der Waals surface area contributed by atoms with Crippen molar-refractivity contribution in [2.45, 2.75) is 6.92 Å². The molecular formula is C14H19BrFN6O4P. The largest absolute Gasteiger partial charge is 0.364 e. The third kappa shape index (κ3) is 6.36. The lowest BCUT2D eigenvalue weighted by Gasteiger charge is -2.14. The fourth-order valence-electron chi connectivity index (χ4n) is 2.01. The number of aromatic nitrogens is 2. The van der Waals surface area contributed by atoms with E-state index in [-0.39, 0.29) is 21.8 Å². The molecule has 4 N–H and O–H groups in total. The van der Waals surface area contributed by atoms with Gasteiger partial charge in [-0.05, 0) is 51.4 Å². The number of nitrogens with zero attached hydrogens (tertiary/aromatic N) is 3. The minimum atomic E-state index is -2.85. The summed E-state index contributed by atoms with van der Waals surface area (Å²) in [5.41, 5.74) is 2.39. The van der Waals surface area contributed by atoms with E-state index in [1.807, 2.05) is 5.48 Å². The van der Waals surface area contributed by atoms with Gasteiger partial charge in [0.05, 0.1) is 16.8 Å². The molecule has 0 fully saturated rings. The van der Waals surface area contributed by atoms with Crippen LogP contribution in [0.1, 0.15) is 12.6 Å². The molecule has 0 spiro atoms. The van der Waals surface area contributed by atoms with E-state index in [4.69, 9.17) is 4.52 Å². The van der Waals surface area contributed by atoms with Crippen molar-refractivity contribution in [2.75, 3.05) is 31.7 Å². The first-order valence-electron chi connectivity index (χ1n) is 7.84. The highest BCUT2D eigenvalue weighted by atomic mass is 79.9. The molecule has 1 aromatic carbocycles. The fourth-order valence-corrected chi connectivity index (χ4v) is 3.48. The summed E-state index contributed by atoms with van der Waals surface area (Å²) in [6.45, 7) is 4.23. The molecule has 1 heterocycles. The second-order valence-corrected chi connectivity index (χ2v) is 8.35. The molecular weight excluding hydrogens is 446 g/mol. The van der Waals surface area contributed by atoms with Crippen molar-refractivity contribution in [1.82, 2.24) is 20.9 Å². The van der Waals surface area contributed by atoms with Crippen molar-refractivity contribution in [3.05, 3.63) is 34.2 Å². The summed E-state index contributed by atoms with van der Waals surface area (Å²) in [4.78, 5) is 4.15. The first-order chi connectivity index (χ1) is 12.9. The molecule has 0 amide bonds. The summed E-state index contributed by atoms with van der Waals surface area (Å²) < 4.78 is 35.3. The van der Waals surface area contributed by atoms with E-state index in [0.717, 1.165) is 0 Å². The Kier molecular flexibility index (Phi) is 7.87. The van der Waals surface area contributed by atoms with Gasteiger partial charge in [-0.25, -0.2) is 19.1 Å². The summed E-state index contributed by atoms with van der Waals surface area (Å²) in [6, 6.07) is 4.09. The standard InChI is InChI=1S/C14H19BrFN6O4P/c1-3-25-27(2,24)18-7-6-17-13-12(21-26-22-13)14(20-23)19-9-4-5-11(16)10(15)8-9/h4-5,8,23H,3,6-7H2,1-2H3,(H,17,22)(H,18,24)(H,19,20). The van der Waals surface area contributed by atoms with Crippen LogP contribution in [-0.4, -0.2) is 47.7 Å². The van der Waals surface area contributed by atoms with Crippen LogP contribution < -0.4 is 15.9 Å². The van der Waals surface area contributed by atoms with Gasteiger partial charge in [-0.3, -0.25) is 15.3 Å². The predicted octanol–water partition coefficient (Wildman–Crippen LogP) is 2.89. The van der Waals surface area contributed by atoms with E-state index >= 15 is 0 Å². The van der Waals surface area contributed by atoms with Crippen LogP contribution >= 0.6 is 23.4 Å². The molecule has 10 nitrogen and oxygen atoms in total. The summed E-state index contributed by atoms with van der Waals surface area (Å²) in [7, 11) is -2.85. The van der Waals surface area contributed by atoms with Gasteiger partial charge in [0, 0.05) is 19.8 Å². The first-order valence-corrected chi connectivity index (χ1v) is 10.7. The van der Waals surface area contributed by atoms with Crippen LogP contribution in [0.5, 0.6) is 0 Å². The Morgan fingerprint density at radius 1 is 1.44 bits per heavy atom. The number of halogens is 2. The fraction of sp³-hybridized carbons (Fsp3) is 0.357. The molecule has 2 rings (SSSR count). The molecule has 0 aliphatic rings. The number of amidine groups is 1. The molecule has 1 unspecified atom stereocenters. The second kappa shape index (κ2) is 9.90. The van der Waals surface area contributed by atoms with Crippen LogP contribution in [0.25, 0.3) is 0 Å². The van der Waals surface area contributed by atoms with Crippen molar-refractivity contribution in [2.24, 2.45) is 4.99 Å². The van der Waals surface area contributed by atoms with E-state index in [1.165, 1.54) is 24.9 Å². The molecule has 1 aromatic heterocycles. The number of benzene rings is 1. The molecule has 0 aliphatic heterocycles. The minimum Gasteiger partial charge on any atom is -0.364 e. The van der Waals surface area contributed by atoms with Crippen LogP contribution in [0, 0.1) is 5.82 Å². The number of rotatable bonds is 9. The Labute approximate surface area is 163 Å². The van der Waals surface area contributed by atoms with Crippen molar-refractivity contribution in [3.8, 4) is 0 Å².